The number of rotatable bonds is 6. The van der Waals surface area contributed by atoms with Gasteiger partial charge in [-0.1, -0.05) is 30.3 Å². The summed E-state index contributed by atoms with van der Waals surface area (Å²) in [4.78, 5) is 15.4. The Hall–Kier alpha value is -3.08. The quantitative estimate of drug-likeness (QED) is 0.625. The summed E-state index contributed by atoms with van der Waals surface area (Å²) in [5.74, 6) is 1.30. The van der Waals surface area contributed by atoms with Gasteiger partial charge in [0, 0.05) is 24.7 Å². The third-order valence-corrected chi connectivity index (χ3v) is 7.14. The largest absolute Gasteiger partial charge is 0.489 e. The molecular weight excluding hydrogens is 398 g/mol. The maximum atomic E-state index is 13.3. The van der Waals surface area contributed by atoms with E-state index in [1.165, 1.54) is 27.9 Å². The minimum Gasteiger partial charge on any atom is -0.489 e. The Morgan fingerprint density at radius 3 is 2.69 bits per heavy atom. The maximum absolute atomic E-state index is 13.3. The summed E-state index contributed by atoms with van der Waals surface area (Å²) < 4.78 is 6.04. The second-order valence-corrected chi connectivity index (χ2v) is 9.29. The number of carbonyl (C=O) groups is 1. The van der Waals surface area contributed by atoms with Crippen LogP contribution in [-0.2, 0) is 30.7 Å². The van der Waals surface area contributed by atoms with Crippen LogP contribution in [0.1, 0.15) is 46.4 Å². The number of hydrogen-bond acceptors (Lipinski definition) is 3. The Morgan fingerprint density at radius 1 is 1.12 bits per heavy atom. The fourth-order valence-corrected chi connectivity index (χ4v) is 5.32. The molecule has 0 bridgehead atoms. The van der Waals surface area contributed by atoms with E-state index >= 15 is 0 Å². The molecular formula is C27H31N3O2. The smallest absolute Gasteiger partial charge is 0.226 e. The van der Waals surface area contributed by atoms with Crippen LogP contribution in [-0.4, -0.2) is 33.6 Å². The molecule has 1 saturated heterocycles. The standard InChI is InChI=1S/C27H31N3O2/c1-18-12-24(32-17-20-6-4-3-5-7-20)13-19(2)25(18)15-21-10-11-30(27(21)31)23-8-9-26-22(14-23)16-28-29-26/h3-7,12-13,16,21,23H,8-11,14-15,17H2,1-2H3,(H,28,29). The molecule has 2 aromatic carbocycles. The SMILES string of the molecule is Cc1cc(OCc2ccccc2)cc(C)c1CC1CCN(C2CCc3n[nH]cc3C2)C1=O. The zero-order chi connectivity index (χ0) is 22.1. The number of hydrogen-bond donors (Lipinski definition) is 1. The zero-order valence-electron chi connectivity index (χ0n) is 18.9. The molecule has 5 rings (SSSR count). The van der Waals surface area contributed by atoms with E-state index in [0.717, 1.165) is 50.0 Å². The summed E-state index contributed by atoms with van der Waals surface area (Å²) in [6.45, 7) is 5.71. The van der Waals surface area contributed by atoms with Gasteiger partial charge in [0.15, 0.2) is 0 Å². The molecule has 1 amide bonds. The van der Waals surface area contributed by atoms with Gasteiger partial charge in [-0.3, -0.25) is 9.89 Å². The molecule has 2 unspecified atom stereocenters. The van der Waals surface area contributed by atoms with Gasteiger partial charge in [-0.05, 0) is 85.9 Å². The minimum atomic E-state index is 0.0780. The van der Waals surface area contributed by atoms with Crippen molar-refractivity contribution in [3.8, 4) is 5.75 Å². The van der Waals surface area contributed by atoms with Gasteiger partial charge in [0.25, 0.3) is 0 Å². The Balaban J connectivity index is 1.23. The second-order valence-electron chi connectivity index (χ2n) is 9.29. The Kier molecular flexibility index (Phi) is 5.73. The first kappa shape index (κ1) is 20.8. The van der Waals surface area contributed by atoms with Crippen LogP contribution >= 0.6 is 0 Å². The summed E-state index contributed by atoms with van der Waals surface area (Å²) >= 11 is 0. The van der Waals surface area contributed by atoms with Crippen molar-refractivity contribution in [1.29, 1.82) is 0 Å². The van der Waals surface area contributed by atoms with Crippen molar-refractivity contribution >= 4 is 5.91 Å². The highest BCUT2D eigenvalue weighted by Crippen LogP contribution is 2.32. The molecule has 5 heteroatoms. The van der Waals surface area contributed by atoms with Gasteiger partial charge in [-0.2, -0.15) is 5.10 Å². The molecule has 1 aliphatic heterocycles. The number of carbonyl (C=O) groups excluding carboxylic acids is 1. The Labute approximate surface area is 189 Å². The van der Waals surface area contributed by atoms with Gasteiger partial charge in [0.1, 0.15) is 12.4 Å². The topological polar surface area (TPSA) is 58.2 Å². The second kappa shape index (κ2) is 8.81. The highest BCUT2D eigenvalue weighted by molar-refractivity contribution is 5.81. The van der Waals surface area contributed by atoms with Crippen molar-refractivity contribution in [3.05, 3.63) is 82.2 Å². The van der Waals surface area contributed by atoms with Crippen molar-refractivity contribution in [2.24, 2.45) is 5.92 Å². The van der Waals surface area contributed by atoms with E-state index < -0.39 is 0 Å². The Morgan fingerprint density at radius 2 is 1.91 bits per heavy atom. The third kappa shape index (κ3) is 4.16. The number of fused-ring (bicyclic) bond motifs is 1. The minimum absolute atomic E-state index is 0.0780. The predicted octanol–water partition coefficient (Wildman–Crippen LogP) is 4.55. The number of aromatic amines is 1. The van der Waals surface area contributed by atoms with Crippen LogP contribution in [0.3, 0.4) is 0 Å². The number of aromatic nitrogens is 2. The number of H-pyrrole nitrogens is 1. The molecule has 5 nitrogen and oxygen atoms in total. The van der Waals surface area contributed by atoms with E-state index in [0.29, 0.717) is 18.6 Å². The lowest BCUT2D eigenvalue weighted by atomic mass is 9.90. The average molecular weight is 430 g/mol. The molecule has 1 aromatic heterocycles. The van der Waals surface area contributed by atoms with Crippen LogP contribution in [0, 0.1) is 19.8 Å². The van der Waals surface area contributed by atoms with Crippen LogP contribution in [0.4, 0.5) is 0 Å². The van der Waals surface area contributed by atoms with Gasteiger partial charge >= 0.3 is 0 Å². The molecule has 2 aliphatic rings. The predicted molar refractivity (Wildman–Crippen MR) is 125 cm³/mol. The van der Waals surface area contributed by atoms with Crippen molar-refractivity contribution < 1.29 is 9.53 Å². The molecule has 0 saturated carbocycles. The van der Waals surface area contributed by atoms with Crippen molar-refractivity contribution in [2.75, 3.05) is 6.54 Å². The molecule has 32 heavy (non-hydrogen) atoms. The van der Waals surface area contributed by atoms with Gasteiger partial charge in [0.05, 0.1) is 5.69 Å². The number of nitrogens with one attached hydrogen (secondary N) is 1. The Bertz CT molecular complexity index is 1080. The lowest BCUT2D eigenvalue weighted by Crippen LogP contribution is -2.41. The van der Waals surface area contributed by atoms with Crippen LogP contribution in [0.15, 0.2) is 48.7 Å². The molecule has 2 heterocycles. The summed E-state index contributed by atoms with van der Waals surface area (Å²) in [5, 5.41) is 7.30. The third-order valence-electron chi connectivity index (χ3n) is 7.14. The van der Waals surface area contributed by atoms with E-state index in [1.807, 2.05) is 24.4 Å². The van der Waals surface area contributed by atoms with E-state index in [4.69, 9.17) is 4.74 Å². The first-order chi connectivity index (χ1) is 15.6. The first-order valence-corrected chi connectivity index (χ1v) is 11.7. The number of benzene rings is 2. The number of amides is 1. The zero-order valence-corrected chi connectivity index (χ0v) is 18.9. The number of aryl methyl sites for hydroxylation is 3. The molecule has 1 aliphatic carbocycles. The van der Waals surface area contributed by atoms with Gasteiger partial charge in [-0.25, -0.2) is 0 Å². The van der Waals surface area contributed by atoms with Crippen LogP contribution in [0.25, 0.3) is 0 Å². The molecule has 1 fully saturated rings. The molecule has 0 spiro atoms. The first-order valence-electron chi connectivity index (χ1n) is 11.7. The van der Waals surface area contributed by atoms with Crippen LogP contribution in [0.2, 0.25) is 0 Å². The maximum Gasteiger partial charge on any atom is 0.226 e. The van der Waals surface area contributed by atoms with Gasteiger partial charge < -0.3 is 9.64 Å². The van der Waals surface area contributed by atoms with Crippen molar-refractivity contribution in [1.82, 2.24) is 15.1 Å². The summed E-state index contributed by atoms with van der Waals surface area (Å²) in [5.41, 5.74) is 7.31. The number of nitrogens with zero attached hydrogens (tertiary/aromatic N) is 2. The summed E-state index contributed by atoms with van der Waals surface area (Å²) in [7, 11) is 0. The lowest BCUT2D eigenvalue weighted by Gasteiger charge is -2.31. The molecule has 0 radical (unpaired) electrons. The number of likely N-dealkylation sites (tertiary alicyclic amines) is 1. The van der Waals surface area contributed by atoms with Gasteiger partial charge in [0.2, 0.25) is 5.91 Å². The molecule has 2 atom stereocenters. The molecule has 166 valence electrons. The number of ether oxygens (including phenoxy) is 1. The van der Waals surface area contributed by atoms with E-state index in [9.17, 15) is 4.79 Å². The summed E-state index contributed by atoms with van der Waals surface area (Å²) in [6, 6.07) is 14.8. The highest BCUT2D eigenvalue weighted by atomic mass is 16.5. The van der Waals surface area contributed by atoms with Crippen LogP contribution < -0.4 is 4.74 Å². The molecule has 1 N–H and O–H groups in total. The van der Waals surface area contributed by atoms with Crippen molar-refractivity contribution in [3.63, 3.8) is 0 Å². The van der Waals surface area contributed by atoms with E-state index in [-0.39, 0.29) is 5.92 Å². The fraction of sp³-hybridized carbons (Fsp3) is 0.407. The summed E-state index contributed by atoms with van der Waals surface area (Å²) in [6.07, 6.45) is 6.65. The van der Waals surface area contributed by atoms with E-state index in [1.54, 1.807) is 0 Å². The average Bonchev–Trinajstić information content (AvgIpc) is 3.41. The molecule has 3 aromatic rings. The van der Waals surface area contributed by atoms with Gasteiger partial charge in [-0.15, -0.1) is 0 Å². The van der Waals surface area contributed by atoms with E-state index in [2.05, 4.69) is 53.2 Å². The fourth-order valence-electron chi connectivity index (χ4n) is 5.32. The highest BCUT2D eigenvalue weighted by Gasteiger charge is 2.37. The van der Waals surface area contributed by atoms with Crippen molar-refractivity contribution in [2.45, 2.75) is 58.6 Å². The monoisotopic (exact) mass is 429 g/mol. The normalized spacial score (nSPS) is 20.4. The lowest BCUT2D eigenvalue weighted by molar-refractivity contribution is -0.133. The van der Waals surface area contributed by atoms with Crippen LogP contribution in [0.5, 0.6) is 5.75 Å².